The molecule has 1 fully saturated rings. The molecule has 1 aliphatic carbocycles. The normalized spacial score (nSPS) is 15.8. The van der Waals surface area contributed by atoms with Crippen LogP contribution in [0.3, 0.4) is 0 Å². The molecule has 2 aromatic heterocycles. The van der Waals surface area contributed by atoms with E-state index in [-0.39, 0.29) is 5.78 Å². The number of carbonyl (C=O) groups is 1. The molecule has 2 heterocycles. The first-order valence-electron chi connectivity index (χ1n) is 5.02. The highest BCUT2D eigenvalue weighted by Crippen LogP contribution is 2.42. The number of rotatable bonds is 2. The van der Waals surface area contributed by atoms with Crippen LogP contribution in [0.25, 0.3) is 10.3 Å². The van der Waals surface area contributed by atoms with Gasteiger partial charge in [-0.15, -0.1) is 0 Å². The molecule has 0 spiro atoms. The number of Topliss-reactive ketones (excluding diaryl/α,β-unsaturated/α-hetero) is 1. The molecule has 2 aromatic rings. The first kappa shape index (κ1) is 8.97. The van der Waals surface area contributed by atoms with Gasteiger partial charge in [-0.05, 0) is 25.0 Å². The molecular formula is C11H10N2OS. The average Bonchev–Trinajstić information content (AvgIpc) is 2.97. The topological polar surface area (TPSA) is 42.9 Å². The van der Waals surface area contributed by atoms with Crippen molar-refractivity contribution in [2.45, 2.75) is 25.7 Å². The van der Waals surface area contributed by atoms with Crippen LogP contribution in [0.15, 0.2) is 12.1 Å². The molecule has 3 rings (SSSR count). The van der Waals surface area contributed by atoms with Crippen LogP contribution < -0.4 is 0 Å². The molecular weight excluding hydrogens is 208 g/mol. The summed E-state index contributed by atoms with van der Waals surface area (Å²) in [6.07, 6.45) is 2.50. The number of hydrogen-bond donors (Lipinski definition) is 0. The smallest absolute Gasteiger partial charge is 0.178 e. The first-order valence-corrected chi connectivity index (χ1v) is 5.84. The van der Waals surface area contributed by atoms with E-state index < -0.39 is 0 Å². The van der Waals surface area contributed by atoms with E-state index >= 15 is 0 Å². The summed E-state index contributed by atoms with van der Waals surface area (Å²) in [5.74, 6) is 0.670. The molecule has 76 valence electrons. The summed E-state index contributed by atoms with van der Waals surface area (Å²) in [5, 5.41) is 1.18. The number of hydrogen-bond acceptors (Lipinski definition) is 4. The number of fused-ring (bicyclic) bond motifs is 1. The molecule has 15 heavy (non-hydrogen) atoms. The van der Waals surface area contributed by atoms with Gasteiger partial charge in [-0.1, -0.05) is 11.3 Å². The van der Waals surface area contributed by atoms with Crippen LogP contribution in [-0.2, 0) is 0 Å². The van der Waals surface area contributed by atoms with Crippen LogP contribution in [0.5, 0.6) is 0 Å². The monoisotopic (exact) mass is 218 g/mol. The second-order valence-corrected chi connectivity index (χ2v) is 4.91. The lowest BCUT2D eigenvalue weighted by atomic mass is 10.3. The Morgan fingerprint density at radius 2 is 2.20 bits per heavy atom. The maximum Gasteiger partial charge on any atom is 0.178 e. The van der Waals surface area contributed by atoms with Crippen LogP contribution >= 0.6 is 11.3 Å². The van der Waals surface area contributed by atoms with E-state index in [1.54, 1.807) is 17.4 Å². The van der Waals surface area contributed by atoms with Crippen molar-refractivity contribution < 1.29 is 4.79 Å². The van der Waals surface area contributed by atoms with E-state index in [0.717, 1.165) is 10.3 Å². The number of aromatic nitrogens is 2. The zero-order valence-corrected chi connectivity index (χ0v) is 9.17. The number of nitrogens with zero attached hydrogens (tertiary/aromatic N) is 2. The first-order chi connectivity index (χ1) is 7.24. The van der Waals surface area contributed by atoms with E-state index in [1.165, 1.54) is 24.8 Å². The Balaban J connectivity index is 2.13. The van der Waals surface area contributed by atoms with Gasteiger partial charge in [0.2, 0.25) is 0 Å². The number of ketones is 1. The Morgan fingerprint density at radius 3 is 2.87 bits per heavy atom. The molecule has 0 bridgehead atoms. The number of thiazole rings is 1. The lowest BCUT2D eigenvalue weighted by Crippen LogP contribution is -1.94. The van der Waals surface area contributed by atoms with Gasteiger partial charge in [0.1, 0.15) is 16.0 Å². The SMILES string of the molecule is CC(=O)c1ccc2nc(C3CC3)sc2n1. The van der Waals surface area contributed by atoms with Gasteiger partial charge in [0.15, 0.2) is 5.78 Å². The summed E-state index contributed by atoms with van der Waals surface area (Å²) < 4.78 is 0. The fourth-order valence-electron chi connectivity index (χ4n) is 1.53. The summed E-state index contributed by atoms with van der Waals surface area (Å²) in [7, 11) is 0. The molecule has 0 radical (unpaired) electrons. The van der Waals surface area contributed by atoms with Gasteiger partial charge in [-0.25, -0.2) is 9.97 Å². The van der Waals surface area contributed by atoms with Crippen LogP contribution in [0, 0.1) is 0 Å². The molecule has 0 aromatic carbocycles. The molecule has 0 unspecified atom stereocenters. The standard InChI is InChI=1S/C11H10N2OS/c1-6(14)8-4-5-9-11(12-8)15-10(13-9)7-2-3-7/h4-5,7H,2-3H2,1H3. The summed E-state index contributed by atoms with van der Waals surface area (Å²) in [6, 6.07) is 3.64. The summed E-state index contributed by atoms with van der Waals surface area (Å²) in [4.78, 5) is 20.9. The van der Waals surface area contributed by atoms with Crippen molar-refractivity contribution in [3.63, 3.8) is 0 Å². The maximum absolute atomic E-state index is 11.2. The van der Waals surface area contributed by atoms with Gasteiger partial charge in [-0.2, -0.15) is 0 Å². The Morgan fingerprint density at radius 1 is 1.40 bits per heavy atom. The molecule has 0 N–H and O–H groups in total. The van der Waals surface area contributed by atoms with E-state index in [2.05, 4.69) is 9.97 Å². The van der Waals surface area contributed by atoms with Gasteiger partial charge < -0.3 is 0 Å². The zero-order chi connectivity index (χ0) is 10.4. The maximum atomic E-state index is 11.2. The van der Waals surface area contributed by atoms with Gasteiger partial charge >= 0.3 is 0 Å². The van der Waals surface area contributed by atoms with E-state index in [1.807, 2.05) is 6.07 Å². The minimum Gasteiger partial charge on any atom is -0.293 e. The van der Waals surface area contributed by atoms with Gasteiger partial charge in [0, 0.05) is 12.8 Å². The van der Waals surface area contributed by atoms with Crippen molar-refractivity contribution in [3.05, 3.63) is 22.8 Å². The van der Waals surface area contributed by atoms with Crippen molar-refractivity contribution in [1.29, 1.82) is 0 Å². The fraction of sp³-hybridized carbons (Fsp3) is 0.364. The second kappa shape index (κ2) is 3.10. The molecule has 1 aliphatic rings. The van der Waals surface area contributed by atoms with Crippen molar-refractivity contribution in [2.24, 2.45) is 0 Å². The lowest BCUT2D eigenvalue weighted by Gasteiger charge is -1.92. The van der Waals surface area contributed by atoms with Crippen molar-refractivity contribution >= 4 is 27.5 Å². The molecule has 0 aliphatic heterocycles. The highest BCUT2D eigenvalue weighted by atomic mass is 32.1. The fourth-order valence-corrected chi connectivity index (χ4v) is 2.64. The average molecular weight is 218 g/mol. The molecule has 1 saturated carbocycles. The van der Waals surface area contributed by atoms with Gasteiger partial charge in [0.05, 0.1) is 5.01 Å². The van der Waals surface area contributed by atoms with E-state index in [4.69, 9.17) is 0 Å². The van der Waals surface area contributed by atoms with Gasteiger partial charge in [0.25, 0.3) is 0 Å². The predicted octanol–water partition coefficient (Wildman–Crippen LogP) is 2.77. The minimum atomic E-state index is 0.0123. The number of carbonyl (C=O) groups excluding carboxylic acids is 1. The summed E-state index contributed by atoms with van der Waals surface area (Å²) >= 11 is 1.62. The molecule has 0 atom stereocenters. The largest absolute Gasteiger partial charge is 0.293 e. The Bertz CT molecular complexity index is 543. The molecule has 4 heteroatoms. The van der Waals surface area contributed by atoms with E-state index in [0.29, 0.717) is 11.6 Å². The van der Waals surface area contributed by atoms with Gasteiger partial charge in [-0.3, -0.25) is 4.79 Å². The third kappa shape index (κ3) is 1.55. The van der Waals surface area contributed by atoms with Crippen LogP contribution in [0.1, 0.15) is 41.2 Å². The second-order valence-electron chi connectivity index (χ2n) is 3.90. The zero-order valence-electron chi connectivity index (χ0n) is 8.36. The summed E-state index contributed by atoms with van der Waals surface area (Å²) in [6.45, 7) is 1.54. The third-order valence-corrected chi connectivity index (χ3v) is 3.69. The minimum absolute atomic E-state index is 0.0123. The molecule has 0 saturated heterocycles. The van der Waals surface area contributed by atoms with Crippen LogP contribution in [-0.4, -0.2) is 15.8 Å². The Hall–Kier alpha value is -1.29. The van der Waals surface area contributed by atoms with Crippen molar-refractivity contribution in [3.8, 4) is 0 Å². The van der Waals surface area contributed by atoms with E-state index in [9.17, 15) is 4.79 Å². The van der Waals surface area contributed by atoms with Crippen LogP contribution in [0.2, 0.25) is 0 Å². The number of pyridine rings is 1. The Kier molecular flexibility index (Phi) is 1.85. The molecule has 0 amide bonds. The Labute approximate surface area is 91.2 Å². The summed E-state index contributed by atoms with van der Waals surface area (Å²) in [5.41, 5.74) is 1.46. The van der Waals surface area contributed by atoms with Crippen molar-refractivity contribution in [2.75, 3.05) is 0 Å². The lowest BCUT2D eigenvalue weighted by molar-refractivity contribution is 0.101. The molecule has 3 nitrogen and oxygen atoms in total. The highest BCUT2D eigenvalue weighted by molar-refractivity contribution is 7.18. The van der Waals surface area contributed by atoms with Crippen molar-refractivity contribution in [1.82, 2.24) is 9.97 Å². The predicted molar refractivity (Wildman–Crippen MR) is 59.4 cm³/mol. The quantitative estimate of drug-likeness (QED) is 0.728. The highest BCUT2D eigenvalue weighted by Gasteiger charge is 2.27. The third-order valence-electron chi connectivity index (χ3n) is 2.56. The van der Waals surface area contributed by atoms with Crippen LogP contribution in [0.4, 0.5) is 0 Å².